The van der Waals surface area contributed by atoms with Crippen LogP contribution in [0, 0.1) is 23.7 Å². The number of nitrogens with zero attached hydrogens (tertiary/aromatic N) is 6. The minimum atomic E-state index is -0.407. The fourth-order valence-corrected chi connectivity index (χ4v) is 11.2. The molecule has 6 N–H and O–H groups in total. The Morgan fingerprint density at radius 2 is 0.573 bits per heavy atom. The lowest BCUT2D eigenvalue weighted by atomic mass is 9.75. The molecule has 0 fully saturated rings. The van der Waals surface area contributed by atoms with Crippen LogP contribution in [0.2, 0.25) is 0 Å². The molecule has 0 saturated heterocycles. The first kappa shape index (κ1) is 60.5. The SMILES string of the molecule is CCCCC(CC)CNc1nc(NCC(CC)CCCC)nc(Nc2ccc(-c3ccc(Nc4nc(NCC(CC)CCCC)nc(NCC(CC)CCCC)n4)c4c3C(=O)c3ccccc3C4=O)c3c2C(=O)c2ccccc2C3=O)n1. The molecule has 0 radical (unpaired) electrons. The normalized spacial score (nSPS) is 14.0. The molecule has 0 bridgehead atoms. The van der Waals surface area contributed by atoms with Gasteiger partial charge in [0, 0.05) is 59.6 Å². The van der Waals surface area contributed by atoms with Crippen molar-refractivity contribution >= 4 is 70.2 Å². The highest BCUT2D eigenvalue weighted by Gasteiger charge is 2.39. The number of anilines is 8. The van der Waals surface area contributed by atoms with Gasteiger partial charge in [-0.3, -0.25) is 19.2 Å². The molecule has 0 saturated carbocycles. The Morgan fingerprint density at radius 3 is 0.829 bits per heavy atom. The Morgan fingerprint density at radius 1 is 0.317 bits per heavy atom. The summed E-state index contributed by atoms with van der Waals surface area (Å²) < 4.78 is 0. The highest BCUT2D eigenvalue weighted by Crippen LogP contribution is 2.44. The maximum atomic E-state index is 15.2. The van der Waals surface area contributed by atoms with Crippen molar-refractivity contribution in [1.29, 1.82) is 0 Å². The largest absolute Gasteiger partial charge is 0.354 e. The molecule has 16 nitrogen and oxygen atoms in total. The molecule has 0 spiro atoms. The van der Waals surface area contributed by atoms with Crippen LogP contribution in [0.5, 0.6) is 0 Å². The zero-order chi connectivity index (χ0) is 58.1. The second-order valence-corrected chi connectivity index (χ2v) is 22.3. The quantitative estimate of drug-likeness (QED) is 0.0225. The van der Waals surface area contributed by atoms with Gasteiger partial charge in [-0.25, -0.2) is 0 Å². The zero-order valence-electron chi connectivity index (χ0n) is 49.7. The van der Waals surface area contributed by atoms with Crippen LogP contribution in [0.15, 0.2) is 72.8 Å². The lowest BCUT2D eigenvalue weighted by Gasteiger charge is -2.27. The van der Waals surface area contributed by atoms with Crippen molar-refractivity contribution in [1.82, 2.24) is 29.9 Å². The molecule has 4 atom stereocenters. The first-order valence-electron chi connectivity index (χ1n) is 30.7. The van der Waals surface area contributed by atoms with E-state index >= 15 is 19.2 Å². The van der Waals surface area contributed by atoms with E-state index < -0.39 is 23.1 Å². The summed E-state index contributed by atoms with van der Waals surface area (Å²) >= 11 is 0. The maximum Gasteiger partial charge on any atom is 0.233 e. The van der Waals surface area contributed by atoms with Crippen molar-refractivity contribution < 1.29 is 19.2 Å². The highest BCUT2D eigenvalue weighted by molar-refractivity contribution is 6.35. The Hall–Kier alpha value is -7.62. The summed E-state index contributed by atoms with van der Waals surface area (Å²) in [5.74, 6) is 1.99. The minimum absolute atomic E-state index is 0.0856. The smallest absolute Gasteiger partial charge is 0.233 e. The summed E-state index contributed by atoms with van der Waals surface area (Å²) in [5, 5.41) is 20.7. The van der Waals surface area contributed by atoms with E-state index in [0.29, 0.717) is 96.1 Å². The lowest BCUT2D eigenvalue weighted by molar-refractivity contribution is 0.0978. The second kappa shape index (κ2) is 29.4. The van der Waals surface area contributed by atoms with Gasteiger partial charge in [0.1, 0.15) is 0 Å². The molecular formula is C66H86N12O4. The number of fused-ring (bicyclic) bond motifs is 4. The number of hydrogen-bond acceptors (Lipinski definition) is 16. The maximum absolute atomic E-state index is 15.2. The average Bonchev–Trinajstić information content (AvgIpc) is 2.35. The molecule has 0 amide bonds. The number of hydrogen-bond donors (Lipinski definition) is 6. The van der Waals surface area contributed by atoms with E-state index in [1.54, 1.807) is 72.8 Å². The van der Waals surface area contributed by atoms with Gasteiger partial charge in [-0.05, 0) is 72.6 Å². The standard InChI is InChI=1S/C66H86N12O4/c1-9-17-25-41(13-5)37-67-61-73-62(68-38-42(14-6)26-18-10-2)76-65(75-61)71-51-35-33-45(53-55(51)59(81)49-31-23-21-29-47(49)57(53)79)46-34-36-52(56-54(46)58(80)48-30-22-24-32-50(48)60(56)82)72-66-77-63(69-39-43(15-7)27-19-11-3)74-64(78-66)70-40-44(16-8)28-20-12-4/h21-24,29-36,41-44H,9-20,25-28,37-40H2,1-8H3,(H3,67,68,71,73,75,76)(H3,69,70,72,74,77,78). The van der Waals surface area contributed by atoms with Crippen molar-refractivity contribution in [3.63, 3.8) is 0 Å². The number of aromatic nitrogens is 6. The monoisotopic (exact) mass is 1110 g/mol. The molecule has 6 aromatic rings. The van der Waals surface area contributed by atoms with E-state index in [1.165, 1.54) is 0 Å². The van der Waals surface area contributed by atoms with Crippen molar-refractivity contribution in [2.75, 3.05) is 58.1 Å². The number of ketones is 4. The van der Waals surface area contributed by atoms with Gasteiger partial charge in [-0.1, -0.05) is 193 Å². The summed E-state index contributed by atoms with van der Waals surface area (Å²) in [4.78, 5) is 89.8. The van der Waals surface area contributed by atoms with Gasteiger partial charge in [-0.2, -0.15) is 29.9 Å². The number of rotatable bonds is 33. The Bertz CT molecular complexity index is 2910. The van der Waals surface area contributed by atoms with Gasteiger partial charge in [0.2, 0.25) is 35.7 Å². The van der Waals surface area contributed by atoms with E-state index in [0.717, 1.165) is 103 Å². The van der Waals surface area contributed by atoms with Crippen LogP contribution in [-0.2, 0) is 0 Å². The summed E-state index contributed by atoms with van der Waals surface area (Å²) in [5.41, 5.74) is 2.54. The van der Waals surface area contributed by atoms with Crippen LogP contribution in [0.25, 0.3) is 11.1 Å². The molecule has 82 heavy (non-hydrogen) atoms. The number of benzene rings is 4. The first-order valence-corrected chi connectivity index (χ1v) is 30.7. The first-order chi connectivity index (χ1) is 40.0. The third-order valence-corrected chi connectivity index (χ3v) is 16.6. The second-order valence-electron chi connectivity index (χ2n) is 22.3. The topological polar surface area (TPSA) is 218 Å². The van der Waals surface area contributed by atoms with Gasteiger partial charge >= 0.3 is 0 Å². The number of carbonyl (C=O) groups is 4. The summed E-state index contributed by atoms with van der Waals surface area (Å²) in [6.07, 6.45) is 17.3. The Balaban J connectivity index is 1.24. The van der Waals surface area contributed by atoms with Crippen molar-refractivity contribution in [3.05, 3.63) is 117 Å². The predicted molar refractivity (Wildman–Crippen MR) is 332 cm³/mol. The third kappa shape index (κ3) is 14.3. The van der Waals surface area contributed by atoms with Crippen LogP contribution >= 0.6 is 0 Å². The number of unbranched alkanes of at least 4 members (excludes halogenated alkanes) is 4. The summed E-state index contributed by atoms with van der Waals surface area (Å²) in [6, 6.07) is 20.4. The molecule has 2 aliphatic carbocycles. The van der Waals surface area contributed by atoms with E-state index in [9.17, 15) is 0 Å². The van der Waals surface area contributed by atoms with Crippen LogP contribution in [0.3, 0.4) is 0 Å². The minimum Gasteiger partial charge on any atom is -0.354 e. The third-order valence-electron chi connectivity index (χ3n) is 16.6. The molecule has 8 rings (SSSR count). The van der Waals surface area contributed by atoms with Gasteiger partial charge in [0.15, 0.2) is 23.1 Å². The number of carbonyl (C=O) groups excluding carboxylic acids is 4. The molecule has 0 aliphatic heterocycles. The van der Waals surface area contributed by atoms with Crippen molar-refractivity contribution in [3.8, 4) is 11.1 Å². The predicted octanol–water partition coefficient (Wildman–Crippen LogP) is 15.3. The Kier molecular flexibility index (Phi) is 21.7. The fraction of sp³-hybridized carbons (Fsp3) is 0.485. The van der Waals surface area contributed by atoms with Crippen LogP contribution in [0.4, 0.5) is 47.1 Å². The van der Waals surface area contributed by atoms with E-state index in [-0.39, 0.29) is 56.4 Å². The van der Waals surface area contributed by atoms with Crippen LogP contribution < -0.4 is 31.9 Å². The lowest BCUT2D eigenvalue weighted by Crippen LogP contribution is -2.25. The molecule has 4 aromatic carbocycles. The van der Waals surface area contributed by atoms with Gasteiger partial charge in [-0.15, -0.1) is 0 Å². The molecule has 4 unspecified atom stereocenters. The summed E-state index contributed by atoms with van der Waals surface area (Å²) in [6.45, 7) is 20.3. The van der Waals surface area contributed by atoms with Crippen molar-refractivity contribution in [2.45, 2.75) is 158 Å². The molecule has 2 heterocycles. The Labute approximate surface area is 485 Å². The molecule has 434 valence electrons. The fourth-order valence-electron chi connectivity index (χ4n) is 11.2. The van der Waals surface area contributed by atoms with Crippen LogP contribution in [0.1, 0.15) is 222 Å². The highest BCUT2D eigenvalue weighted by atomic mass is 16.1. The molecule has 2 aromatic heterocycles. The summed E-state index contributed by atoms with van der Waals surface area (Å²) in [7, 11) is 0. The van der Waals surface area contributed by atoms with Gasteiger partial charge in [0.05, 0.1) is 22.5 Å². The van der Waals surface area contributed by atoms with E-state index in [2.05, 4.69) is 87.3 Å². The van der Waals surface area contributed by atoms with Gasteiger partial charge in [0.25, 0.3) is 0 Å². The van der Waals surface area contributed by atoms with E-state index in [4.69, 9.17) is 29.9 Å². The number of nitrogens with one attached hydrogen (secondary N) is 6. The zero-order valence-corrected chi connectivity index (χ0v) is 49.7. The molecule has 16 heteroatoms. The van der Waals surface area contributed by atoms with Crippen molar-refractivity contribution in [2.24, 2.45) is 23.7 Å². The average molecular weight is 1110 g/mol. The van der Waals surface area contributed by atoms with Crippen LogP contribution in [-0.4, -0.2) is 79.2 Å². The molecule has 2 aliphatic rings. The molecular weight excluding hydrogens is 1020 g/mol. The van der Waals surface area contributed by atoms with E-state index in [1.807, 2.05) is 0 Å². The van der Waals surface area contributed by atoms with Gasteiger partial charge < -0.3 is 31.9 Å².